The number of aryl methyl sites for hydroxylation is 1. The van der Waals surface area contributed by atoms with Crippen molar-refractivity contribution < 1.29 is 9.53 Å². The van der Waals surface area contributed by atoms with Crippen LogP contribution in [0.3, 0.4) is 0 Å². The Morgan fingerprint density at radius 1 is 1.29 bits per heavy atom. The van der Waals surface area contributed by atoms with E-state index in [1.54, 1.807) is 7.11 Å². The summed E-state index contributed by atoms with van der Waals surface area (Å²) in [6, 6.07) is 8.31. The van der Waals surface area contributed by atoms with Crippen LogP contribution in [0.1, 0.15) is 12.5 Å². The summed E-state index contributed by atoms with van der Waals surface area (Å²) in [7, 11) is 1.65. The van der Waals surface area contributed by atoms with E-state index in [1.807, 2.05) is 12.1 Å². The van der Waals surface area contributed by atoms with Gasteiger partial charge in [-0.1, -0.05) is 18.2 Å². The molecule has 0 aliphatic heterocycles. The smallest absolute Gasteiger partial charge is 0.234 e. The maximum absolute atomic E-state index is 11.6. The molecule has 118 valence electrons. The number of nitrogens with one attached hydrogen (secondary N) is 2. The van der Waals surface area contributed by atoms with Crippen LogP contribution in [0, 0.1) is 6.92 Å². The molecule has 0 aliphatic rings. The van der Waals surface area contributed by atoms with Gasteiger partial charge in [0.1, 0.15) is 0 Å². The van der Waals surface area contributed by atoms with Crippen molar-refractivity contribution in [1.82, 2.24) is 10.6 Å². The van der Waals surface area contributed by atoms with Gasteiger partial charge < -0.3 is 20.3 Å². The minimum Gasteiger partial charge on any atom is -0.383 e. The Balaban J connectivity index is 2.29. The minimum absolute atomic E-state index is 0.0203. The number of methoxy groups -OCH3 is 1. The van der Waals surface area contributed by atoms with Gasteiger partial charge in [0.25, 0.3) is 0 Å². The van der Waals surface area contributed by atoms with Crippen molar-refractivity contribution in [3.63, 3.8) is 0 Å². The zero-order valence-electron chi connectivity index (χ0n) is 13.3. The van der Waals surface area contributed by atoms with Crippen LogP contribution in [0.5, 0.6) is 0 Å². The van der Waals surface area contributed by atoms with Crippen LogP contribution in [0.2, 0.25) is 0 Å². The standard InChI is InChI=1S/C16H27N3O2/c1-4-19(15-8-6-5-7-14(15)2)11-9-18-16(20)13-17-10-12-21-3/h5-8,17H,4,9-13H2,1-3H3,(H,18,20). The van der Waals surface area contributed by atoms with E-state index in [-0.39, 0.29) is 5.91 Å². The summed E-state index contributed by atoms with van der Waals surface area (Å²) in [6.45, 7) is 8.25. The van der Waals surface area contributed by atoms with Crippen molar-refractivity contribution in [1.29, 1.82) is 0 Å². The van der Waals surface area contributed by atoms with Gasteiger partial charge in [0.15, 0.2) is 0 Å². The molecular formula is C16H27N3O2. The van der Waals surface area contributed by atoms with E-state index in [0.29, 0.717) is 26.2 Å². The van der Waals surface area contributed by atoms with Crippen molar-refractivity contribution in [2.75, 3.05) is 51.3 Å². The second kappa shape index (κ2) is 10.2. The Morgan fingerprint density at radius 3 is 2.71 bits per heavy atom. The number of rotatable bonds is 10. The van der Waals surface area contributed by atoms with E-state index in [9.17, 15) is 4.79 Å². The lowest BCUT2D eigenvalue weighted by molar-refractivity contribution is -0.120. The van der Waals surface area contributed by atoms with Crippen molar-refractivity contribution in [3.05, 3.63) is 29.8 Å². The largest absolute Gasteiger partial charge is 0.383 e. The van der Waals surface area contributed by atoms with Gasteiger partial charge in [0, 0.05) is 39.0 Å². The summed E-state index contributed by atoms with van der Waals surface area (Å²) in [5.74, 6) is 0.0203. The Kier molecular flexibility index (Phi) is 8.47. The number of benzene rings is 1. The molecule has 0 spiro atoms. The molecule has 2 N–H and O–H groups in total. The lowest BCUT2D eigenvalue weighted by Crippen LogP contribution is -2.39. The van der Waals surface area contributed by atoms with E-state index >= 15 is 0 Å². The molecule has 1 aromatic rings. The number of nitrogens with zero attached hydrogens (tertiary/aromatic N) is 1. The number of amides is 1. The van der Waals surface area contributed by atoms with E-state index in [2.05, 4.69) is 41.5 Å². The molecule has 0 bridgehead atoms. The van der Waals surface area contributed by atoms with Gasteiger partial charge in [-0.2, -0.15) is 0 Å². The molecule has 0 aliphatic carbocycles. The number of likely N-dealkylation sites (N-methyl/N-ethyl adjacent to an activating group) is 1. The van der Waals surface area contributed by atoms with Crippen LogP contribution < -0.4 is 15.5 Å². The summed E-state index contributed by atoms with van der Waals surface area (Å²) in [5, 5.41) is 5.96. The van der Waals surface area contributed by atoms with Crippen molar-refractivity contribution >= 4 is 11.6 Å². The molecule has 0 aromatic heterocycles. The average Bonchev–Trinajstić information content (AvgIpc) is 2.49. The third-order valence-electron chi connectivity index (χ3n) is 3.31. The van der Waals surface area contributed by atoms with Crippen LogP contribution in [0.15, 0.2) is 24.3 Å². The lowest BCUT2D eigenvalue weighted by Gasteiger charge is -2.25. The first-order valence-electron chi connectivity index (χ1n) is 7.46. The molecule has 0 radical (unpaired) electrons. The maximum atomic E-state index is 11.6. The highest BCUT2D eigenvalue weighted by Crippen LogP contribution is 2.18. The quantitative estimate of drug-likeness (QED) is 0.636. The molecule has 5 nitrogen and oxygen atoms in total. The van der Waals surface area contributed by atoms with Gasteiger partial charge in [-0.3, -0.25) is 4.79 Å². The minimum atomic E-state index is 0.0203. The molecule has 0 fully saturated rings. The Labute approximate surface area is 127 Å². The highest BCUT2D eigenvalue weighted by molar-refractivity contribution is 5.78. The van der Waals surface area contributed by atoms with Gasteiger partial charge in [-0.15, -0.1) is 0 Å². The summed E-state index contributed by atoms with van der Waals surface area (Å²) in [5.41, 5.74) is 2.49. The molecule has 0 heterocycles. The highest BCUT2D eigenvalue weighted by Gasteiger charge is 2.07. The Morgan fingerprint density at radius 2 is 2.05 bits per heavy atom. The fourth-order valence-corrected chi connectivity index (χ4v) is 2.14. The lowest BCUT2D eigenvalue weighted by atomic mass is 10.2. The maximum Gasteiger partial charge on any atom is 0.234 e. The van der Waals surface area contributed by atoms with Gasteiger partial charge in [-0.25, -0.2) is 0 Å². The average molecular weight is 293 g/mol. The van der Waals surface area contributed by atoms with E-state index in [0.717, 1.165) is 13.1 Å². The summed E-state index contributed by atoms with van der Waals surface area (Å²) in [6.07, 6.45) is 0. The first-order valence-corrected chi connectivity index (χ1v) is 7.46. The second-order valence-corrected chi connectivity index (χ2v) is 4.89. The molecule has 0 unspecified atom stereocenters. The number of anilines is 1. The topological polar surface area (TPSA) is 53.6 Å². The predicted octanol–water partition coefficient (Wildman–Crippen LogP) is 1.17. The zero-order chi connectivity index (χ0) is 15.5. The highest BCUT2D eigenvalue weighted by atomic mass is 16.5. The van der Waals surface area contributed by atoms with E-state index < -0.39 is 0 Å². The fraction of sp³-hybridized carbons (Fsp3) is 0.562. The summed E-state index contributed by atoms with van der Waals surface area (Å²) >= 11 is 0. The van der Waals surface area contributed by atoms with Crippen LogP contribution in [0.4, 0.5) is 5.69 Å². The molecule has 21 heavy (non-hydrogen) atoms. The monoisotopic (exact) mass is 293 g/mol. The first-order chi connectivity index (χ1) is 10.2. The summed E-state index contributed by atoms with van der Waals surface area (Å²) in [4.78, 5) is 13.9. The van der Waals surface area contributed by atoms with Crippen LogP contribution in [-0.4, -0.2) is 52.3 Å². The molecule has 1 rings (SSSR count). The zero-order valence-corrected chi connectivity index (χ0v) is 13.3. The number of ether oxygens (including phenoxy) is 1. The number of para-hydroxylation sites is 1. The van der Waals surface area contributed by atoms with Crippen molar-refractivity contribution in [3.8, 4) is 0 Å². The molecule has 5 heteroatoms. The van der Waals surface area contributed by atoms with Crippen LogP contribution >= 0.6 is 0 Å². The van der Waals surface area contributed by atoms with E-state index in [4.69, 9.17) is 4.74 Å². The number of carbonyl (C=O) groups is 1. The Hall–Kier alpha value is -1.59. The molecular weight excluding hydrogens is 266 g/mol. The van der Waals surface area contributed by atoms with Crippen LogP contribution in [0.25, 0.3) is 0 Å². The molecule has 0 saturated carbocycles. The molecule has 1 amide bonds. The van der Waals surface area contributed by atoms with Gasteiger partial charge in [0.05, 0.1) is 13.2 Å². The molecule has 1 aromatic carbocycles. The fourth-order valence-electron chi connectivity index (χ4n) is 2.14. The second-order valence-electron chi connectivity index (χ2n) is 4.89. The molecule has 0 saturated heterocycles. The normalized spacial score (nSPS) is 10.4. The van der Waals surface area contributed by atoms with Crippen molar-refractivity contribution in [2.45, 2.75) is 13.8 Å². The molecule has 0 atom stereocenters. The summed E-state index contributed by atoms with van der Waals surface area (Å²) < 4.78 is 4.91. The third kappa shape index (κ3) is 6.60. The number of carbonyl (C=O) groups excluding carboxylic acids is 1. The van der Waals surface area contributed by atoms with E-state index in [1.165, 1.54) is 11.3 Å². The van der Waals surface area contributed by atoms with Gasteiger partial charge >= 0.3 is 0 Å². The first kappa shape index (κ1) is 17.5. The van der Waals surface area contributed by atoms with Gasteiger partial charge in [0.2, 0.25) is 5.91 Å². The Bertz CT molecular complexity index is 424. The van der Waals surface area contributed by atoms with Gasteiger partial charge in [-0.05, 0) is 25.5 Å². The SMILES string of the molecule is CCN(CCNC(=O)CNCCOC)c1ccccc1C. The van der Waals surface area contributed by atoms with Crippen molar-refractivity contribution in [2.24, 2.45) is 0 Å². The third-order valence-corrected chi connectivity index (χ3v) is 3.31. The number of hydrogen-bond donors (Lipinski definition) is 2. The predicted molar refractivity (Wildman–Crippen MR) is 86.8 cm³/mol. The number of hydrogen-bond acceptors (Lipinski definition) is 4. The van der Waals surface area contributed by atoms with Crippen LogP contribution in [-0.2, 0) is 9.53 Å².